The fourth-order valence-corrected chi connectivity index (χ4v) is 1.64. The molecule has 0 aromatic carbocycles. The van der Waals surface area contributed by atoms with E-state index in [2.05, 4.69) is 15.5 Å². The number of carbonyl (C=O) groups is 1. The molecule has 4 heteroatoms. The Morgan fingerprint density at radius 2 is 2.36 bits per heavy atom. The molecule has 14 heavy (non-hydrogen) atoms. The van der Waals surface area contributed by atoms with Crippen molar-refractivity contribution in [3.63, 3.8) is 0 Å². The van der Waals surface area contributed by atoms with Crippen molar-refractivity contribution in [1.82, 2.24) is 15.5 Å². The average molecular weight is 199 g/mol. The van der Waals surface area contributed by atoms with Gasteiger partial charge < -0.3 is 15.5 Å². The Bertz CT molecular complexity index is 176. The maximum absolute atomic E-state index is 11.5. The Balaban J connectivity index is 2.03. The summed E-state index contributed by atoms with van der Waals surface area (Å²) in [6, 6.07) is 0.0642. The van der Waals surface area contributed by atoms with E-state index in [1.165, 1.54) is 0 Å². The molecule has 1 aliphatic rings. The number of nitrogens with one attached hydrogen (secondary N) is 2. The molecule has 0 saturated carbocycles. The van der Waals surface area contributed by atoms with Crippen LogP contribution in [0.2, 0.25) is 0 Å². The van der Waals surface area contributed by atoms with Crippen molar-refractivity contribution in [2.45, 2.75) is 25.3 Å². The van der Waals surface area contributed by atoms with Gasteiger partial charge in [0.1, 0.15) is 0 Å². The van der Waals surface area contributed by atoms with E-state index < -0.39 is 0 Å². The monoisotopic (exact) mass is 199 g/mol. The normalized spacial score (nSPS) is 21.5. The molecule has 0 aromatic rings. The zero-order chi connectivity index (χ0) is 10.4. The van der Waals surface area contributed by atoms with Crippen LogP contribution in [0.3, 0.4) is 0 Å². The summed E-state index contributed by atoms with van der Waals surface area (Å²) in [7, 11) is 4.08. The third-order valence-corrected chi connectivity index (χ3v) is 2.46. The van der Waals surface area contributed by atoms with Gasteiger partial charge in [-0.3, -0.25) is 4.79 Å². The van der Waals surface area contributed by atoms with Crippen molar-refractivity contribution in [2.75, 3.05) is 33.7 Å². The molecule has 2 N–H and O–H groups in total. The lowest BCUT2D eigenvalue weighted by Gasteiger charge is -2.12. The summed E-state index contributed by atoms with van der Waals surface area (Å²) in [5, 5.41) is 6.14. The van der Waals surface area contributed by atoms with Crippen LogP contribution < -0.4 is 10.6 Å². The highest BCUT2D eigenvalue weighted by Gasteiger charge is 2.20. The number of carbonyl (C=O) groups excluding carboxylic acids is 1. The highest BCUT2D eigenvalue weighted by Crippen LogP contribution is 2.04. The first-order valence-corrected chi connectivity index (χ1v) is 5.36. The first kappa shape index (κ1) is 11.5. The van der Waals surface area contributed by atoms with Gasteiger partial charge in [-0.15, -0.1) is 0 Å². The Hall–Kier alpha value is -0.610. The molecule has 0 aliphatic carbocycles. The summed E-state index contributed by atoms with van der Waals surface area (Å²) in [6.07, 6.45) is 3.13. The Morgan fingerprint density at radius 1 is 1.57 bits per heavy atom. The number of rotatable bonds is 5. The molecule has 1 aliphatic heterocycles. The van der Waals surface area contributed by atoms with Crippen LogP contribution in [-0.4, -0.2) is 50.6 Å². The maximum atomic E-state index is 11.5. The van der Waals surface area contributed by atoms with E-state index in [9.17, 15) is 4.79 Å². The highest BCUT2D eigenvalue weighted by molar-refractivity contribution is 5.81. The fourth-order valence-electron chi connectivity index (χ4n) is 1.64. The number of nitrogens with zero attached hydrogens (tertiary/aromatic N) is 1. The molecule has 0 aromatic heterocycles. The minimum Gasteiger partial charge on any atom is -0.355 e. The van der Waals surface area contributed by atoms with Crippen LogP contribution in [0.25, 0.3) is 0 Å². The predicted molar refractivity (Wildman–Crippen MR) is 57.2 cm³/mol. The molecular weight excluding hydrogens is 178 g/mol. The largest absolute Gasteiger partial charge is 0.355 e. The van der Waals surface area contributed by atoms with Gasteiger partial charge >= 0.3 is 0 Å². The van der Waals surface area contributed by atoms with Crippen molar-refractivity contribution < 1.29 is 4.79 Å². The van der Waals surface area contributed by atoms with E-state index in [0.717, 1.165) is 38.9 Å². The topological polar surface area (TPSA) is 44.4 Å². The van der Waals surface area contributed by atoms with Crippen LogP contribution in [0.15, 0.2) is 0 Å². The zero-order valence-electron chi connectivity index (χ0n) is 9.18. The second kappa shape index (κ2) is 5.98. The van der Waals surface area contributed by atoms with E-state index in [1.807, 2.05) is 14.1 Å². The number of hydrogen-bond donors (Lipinski definition) is 2. The van der Waals surface area contributed by atoms with Gasteiger partial charge in [0.05, 0.1) is 6.04 Å². The minimum atomic E-state index is 0.0642. The molecule has 4 nitrogen and oxygen atoms in total. The van der Waals surface area contributed by atoms with E-state index in [4.69, 9.17) is 0 Å². The average Bonchev–Trinajstić information content (AvgIpc) is 2.64. The highest BCUT2D eigenvalue weighted by atomic mass is 16.2. The van der Waals surface area contributed by atoms with Crippen molar-refractivity contribution in [2.24, 2.45) is 0 Å². The lowest BCUT2D eigenvalue weighted by molar-refractivity contribution is -0.122. The first-order valence-electron chi connectivity index (χ1n) is 5.36. The number of hydrogen-bond acceptors (Lipinski definition) is 3. The van der Waals surface area contributed by atoms with Gasteiger partial charge in [-0.1, -0.05) is 0 Å². The Kier molecular flexibility index (Phi) is 4.90. The van der Waals surface area contributed by atoms with Crippen LogP contribution in [0.5, 0.6) is 0 Å². The van der Waals surface area contributed by atoms with Gasteiger partial charge in [0.2, 0.25) is 5.91 Å². The van der Waals surface area contributed by atoms with E-state index in [-0.39, 0.29) is 11.9 Å². The summed E-state index contributed by atoms with van der Waals surface area (Å²) in [5.74, 6) is 0.168. The van der Waals surface area contributed by atoms with Gasteiger partial charge in [-0.05, 0) is 46.4 Å². The van der Waals surface area contributed by atoms with E-state index in [0.29, 0.717) is 0 Å². The van der Waals surface area contributed by atoms with E-state index >= 15 is 0 Å². The first-order chi connectivity index (χ1) is 6.70. The van der Waals surface area contributed by atoms with Gasteiger partial charge in [-0.2, -0.15) is 0 Å². The molecular formula is C10H21N3O. The van der Waals surface area contributed by atoms with Gasteiger partial charge in [0, 0.05) is 6.54 Å². The van der Waals surface area contributed by atoms with Crippen molar-refractivity contribution in [3.05, 3.63) is 0 Å². The van der Waals surface area contributed by atoms with Crippen molar-refractivity contribution >= 4 is 5.91 Å². The summed E-state index contributed by atoms with van der Waals surface area (Å²) in [6.45, 7) is 2.79. The van der Waals surface area contributed by atoms with Gasteiger partial charge in [0.25, 0.3) is 0 Å². The second-order valence-corrected chi connectivity index (χ2v) is 4.10. The fraction of sp³-hybridized carbons (Fsp3) is 0.900. The van der Waals surface area contributed by atoms with Gasteiger partial charge in [-0.25, -0.2) is 0 Å². The van der Waals surface area contributed by atoms with Crippen LogP contribution in [0.4, 0.5) is 0 Å². The van der Waals surface area contributed by atoms with Crippen LogP contribution in [0.1, 0.15) is 19.3 Å². The summed E-state index contributed by atoms with van der Waals surface area (Å²) in [5.41, 5.74) is 0. The lowest BCUT2D eigenvalue weighted by Crippen LogP contribution is -2.41. The minimum absolute atomic E-state index is 0.0642. The zero-order valence-corrected chi connectivity index (χ0v) is 9.18. The Labute approximate surface area is 86.0 Å². The summed E-state index contributed by atoms with van der Waals surface area (Å²) in [4.78, 5) is 13.6. The van der Waals surface area contributed by atoms with Crippen LogP contribution >= 0.6 is 0 Å². The quantitative estimate of drug-likeness (QED) is 0.603. The predicted octanol–water partition coefficient (Wildman–Crippen LogP) is -0.194. The molecule has 1 atom stereocenters. The molecule has 0 bridgehead atoms. The smallest absolute Gasteiger partial charge is 0.237 e. The standard InChI is InChI=1S/C10H21N3O/c1-13(2)8-4-7-12-10(14)9-5-3-6-11-9/h9,11H,3-8H2,1-2H3,(H,12,14)/t9-/m0/s1. The molecule has 1 heterocycles. The molecule has 1 rings (SSSR count). The van der Waals surface area contributed by atoms with Crippen molar-refractivity contribution in [1.29, 1.82) is 0 Å². The van der Waals surface area contributed by atoms with Crippen LogP contribution in [-0.2, 0) is 4.79 Å². The third-order valence-electron chi connectivity index (χ3n) is 2.46. The molecule has 1 saturated heterocycles. The molecule has 0 radical (unpaired) electrons. The molecule has 0 unspecified atom stereocenters. The van der Waals surface area contributed by atoms with E-state index in [1.54, 1.807) is 0 Å². The van der Waals surface area contributed by atoms with Crippen molar-refractivity contribution in [3.8, 4) is 0 Å². The van der Waals surface area contributed by atoms with Gasteiger partial charge in [0.15, 0.2) is 0 Å². The SMILES string of the molecule is CN(C)CCCNC(=O)[C@@H]1CCCN1. The Morgan fingerprint density at radius 3 is 2.93 bits per heavy atom. The summed E-state index contributed by atoms with van der Waals surface area (Å²) >= 11 is 0. The lowest BCUT2D eigenvalue weighted by atomic mass is 10.2. The molecule has 0 spiro atoms. The third kappa shape index (κ3) is 4.07. The molecule has 82 valence electrons. The maximum Gasteiger partial charge on any atom is 0.237 e. The molecule has 1 fully saturated rings. The van der Waals surface area contributed by atoms with Crippen LogP contribution in [0, 0.1) is 0 Å². The number of amides is 1. The summed E-state index contributed by atoms with van der Waals surface area (Å²) < 4.78 is 0. The second-order valence-electron chi connectivity index (χ2n) is 4.10. The molecule has 1 amide bonds.